The summed E-state index contributed by atoms with van der Waals surface area (Å²) in [5, 5.41) is 53.6. The molecule has 0 aromatic heterocycles. The van der Waals surface area contributed by atoms with Gasteiger partial charge in [-0.25, -0.2) is 0 Å². The van der Waals surface area contributed by atoms with E-state index < -0.39 is 35.8 Å². The molecule has 0 aliphatic heterocycles. The van der Waals surface area contributed by atoms with Crippen LogP contribution in [0.4, 0.5) is 0 Å². The van der Waals surface area contributed by atoms with Gasteiger partial charge in [-0.2, -0.15) is 0 Å². The van der Waals surface area contributed by atoms with E-state index in [1.807, 2.05) is 0 Å². The fourth-order valence-corrected chi connectivity index (χ4v) is 0. The van der Waals surface area contributed by atoms with Gasteiger partial charge in [-0.1, -0.05) is 0 Å². The first kappa shape index (κ1) is 25.6. The van der Waals surface area contributed by atoms with Crippen molar-refractivity contribution in [2.75, 3.05) is 0 Å². The largest absolute Gasteiger partial charge is 0.543 e. The number of carbonyl (C=O) groups excluding carboxylic acids is 6. The van der Waals surface area contributed by atoms with Crippen LogP contribution in [0.5, 0.6) is 0 Å². The van der Waals surface area contributed by atoms with Crippen LogP contribution in [0, 0.1) is 29.2 Å². The van der Waals surface area contributed by atoms with Gasteiger partial charge < -0.3 is 59.4 Å². The molecule has 0 unspecified atom stereocenters. The van der Waals surface area contributed by atoms with Crippen LogP contribution in [0.2, 0.25) is 0 Å². The summed E-state index contributed by atoms with van der Waals surface area (Å²) in [6.07, 6.45) is 0. The average molecular weight is 508 g/mol. The first-order chi connectivity index (χ1) is 7.93. The minimum atomic E-state index is -2.19. The second-order valence-electron chi connectivity index (χ2n) is 1.72. The van der Waals surface area contributed by atoms with Gasteiger partial charge in [0.15, 0.2) is 0 Å². The number of carbonyl (C=O) groups is 6. The maximum absolute atomic E-state index is 8.93. The van der Waals surface area contributed by atoms with Crippen molar-refractivity contribution in [2.24, 2.45) is 0 Å². The summed E-state index contributed by atoms with van der Waals surface area (Å²) in [6.45, 7) is 0. The first-order valence-corrected chi connectivity index (χ1v) is 3.20. The van der Waals surface area contributed by atoms with Crippen molar-refractivity contribution in [3.8, 4) is 0 Å². The molecule has 0 heterocycles. The van der Waals surface area contributed by atoms with Crippen LogP contribution in [0.3, 0.4) is 0 Å². The number of hydrogen-bond donors (Lipinski definition) is 0. The number of rotatable bonds is 0. The Balaban J connectivity index is -0.0000000865. The summed E-state index contributed by atoms with van der Waals surface area (Å²) in [6, 6.07) is 0. The van der Waals surface area contributed by atoms with E-state index in [1.165, 1.54) is 0 Å². The van der Waals surface area contributed by atoms with E-state index in [0.717, 1.165) is 0 Å². The monoisotopic (exact) mass is 502 g/mol. The molecule has 19 heavy (non-hydrogen) atoms. The van der Waals surface area contributed by atoms with Crippen molar-refractivity contribution in [1.82, 2.24) is 0 Å². The smallest absolute Gasteiger partial charge is 0.0870 e. The van der Waals surface area contributed by atoms with E-state index >= 15 is 0 Å². The Bertz CT molecular complexity index is 277. The SMILES string of the molecule is O=C([O-])C(=O)[O-].O=C([O-])C(=O)[O-].O=C([O-])C(=O)[O-].[Pu]. The molecule has 0 N–H and O–H groups in total. The first-order valence-electron chi connectivity index (χ1n) is 3.20. The van der Waals surface area contributed by atoms with E-state index in [4.69, 9.17) is 59.4 Å². The second-order valence-corrected chi connectivity index (χ2v) is 1.72. The predicted molar refractivity (Wildman–Crippen MR) is 30.0 cm³/mol. The van der Waals surface area contributed by atoms with E-state index in [0.29, 0.717) is 0 Å². The van der Waals surface area contributed by atoms with Crippen LogP contribution in [0.25, 0.3) is 0 Å². The Kier molecular flexibility index (Phi) is 18.7. The van der Waals surface area contributed by atoms with Crippen molar-refractivity contribution >= 4 is 35.8 Å². The van der Waals surface area contributed by atoms with Crippen molar-refractivity contribution < 1.29 is 88.6 Å². The van der Waals surface area contributed by atoms with E-state index in [1.54, 1.807) is 0 Å². The molecule has 0 fully saturated rings. The molecule has 0 aliphatic carbocycles. The number of carboxylic acids is 6. The van der Waals surface area contributed by atoms with E-state index in [2.05, 4.69) is 0 Å². The van der Waals surface area contributed by atoms with Crippen LogP contribution in [-0.2, 0) is 28.8 Å². The van der Waals surface area contributed by atoms with E-state index in [-0.39, 0.29) is 29.2 Å². The Morgan fingerprint density at radius 2 is 0.421 bits per heavy atom. The molecule has 108 valence electrons. The third-order valence-electron chi connectivity index (χ3n) is 0.500. The fraction of sp³-hybridized carbons (Fsp3) is 0. The van der Waals surface area contributed by atoms with Gasteiger partial charge >= 0.3 is 0 Å². The second kappa shape index (κ2) is 13.9. The van der Waals surface area contributed by atoms with Crippen molar-refractivity contribution in [3.05, 3.63) is 0 Å². The molecule has 0 amide bonds. The van der Waals surface area contributed by atoms with Crippen LogP contribution in [0.1, 0.15) is 0 Å². The van der Waals surface area contributed by atoms with Crippen LogP contribution in [-0.4, -0.2) is 35.8 Å². The normalized spacial score (nSPS) is 6.95. The van der Waals surface area contributed by atoms with Gasteiger partial charge in [-0.15, -0.1) is 0 Å². The summed E-state index contributed by atoms with van der Waals surface area (Å²) >= 11 is 0. The standard InChI is InChI=1S/3C2H2O4.Pu/c3*3-1(4)2(5)6;/h3*(H,3,4)(H,5,6);/p-6. The maximum atomic E-state index is 8.93. The molecule has 0 atom stereocenters. The summed E-state index contributed by atoms with van der Waals surface area (Å²) in [5.74, 6) is -13.1. The average Bonchev–Trinajstić information content (AvgIpc) is 2.18. The molecule has 0 aromatic carbocycles. The summed E-state index contributed by atoms with van der Waals surface area (Å²) < 4.78 is 0. The zero-order valence-corrected chi connectivity index (χ0v) is 11.7. The quantitative estimate of drug-likeness (QED) is 0.277. The minimum Gasteiger partial charge on any atom is -0.543 e. The number of carboxylic acid groups (broad SMARTS) is 6. The molecule has 0 aromatic rings. The molecule has 12 nitrogen and oxygen atoms in total. The van der Waals surface area contributed by atoms with Gasteiger partial charge in [0, 0.05) is 29.2 Å². The van der Waals surface area contributed by atoms with Gasteiger partial charge in [0.2, 0.25) is 0 Å². The van der Waals surface area contributed by atoms with Crippen molar-refractivity contribution in [2.45, 2.75) is 0 Å². The predicted octanol–water partition coefficient (Wildman–Crippen LogP) is -10.5. The summed E-state index contributed by atoms with van der Waals surface area (Å²) in [5.41, 5.74) is 0. The molecule has 0 saturated carbocycles. The van der Waals surface area contributed by atoms with E-state index in [9.17, 15) is 0 Å². The Hall–Kier alpha value is -2.19. The third-order valence-corrected chi connectivity index (χ3v) is 0.500. The minimum absolute atomic E-state index is 0. The van der Waals surface area contributed by atoms with Crippen LogP contribution >= 0.6 is 0 Å². The zero-order chi connectivity index (χ0) is 15.5. The number of aliphatic carboxylic acids is 6. The van der Waals surface area contributed by atoms with Gasteiger partial charge in [-0.3, -0.25) is 0 Å². The van der Waals surface area contributed by atoms with Crippen molar-refractivity contribution in [3.63, 3.8) is 0 Å². The molecule has 0 rings (SSSR count). The third kappa shape index (κ3) is 31.3. The maximum Gasteiger partial charge on any atom is 0.0870 e. The fourth-order valence-electron chi connectivity index (χ4n) is 0. The Morgan fingerprint density at radius 3 is 0.421 bits per heavy atom. The molecule has 0 spiro atoms. The topological polar surface area (TPSA) is 241 Å². The van der Waals surface area contributed by atoms with Gasteiger partial charge in [0.05, 0.1) is 35.8 Å². The molecule has 0 aliphatic rings. The summed E-state index contributed by atoms with van der Waals surface area (Å²) in [7, 11) is 0. The molecule has 0 bridgehead atoms. The van der Waals surface area contributed by atoms with Crippen molar-refractivity contribution in [1.29, 1.82) is 0 Å². The zero-order valence-electron chi connectivity index (χ0n) is 8.31. The van der Waals surface area contributed by atoms with Gasteiger partial charge in [0.1, 0.15) is 0 Å². The van der Waals surface area contributed by atoms with Gasteiger partial charge in [-0.05, 0) is 0 Å². The summed E-state index contributed by atoms with van der Waals surface area (Å²) in [4.78, 5) is 53.6. The Morgan fingerprint density at radius 1 is 0.368 bits per heavy atom. The van der Waals surface area contributed by atoms with Crippen LogP contribution in [0.15, 0.2) is 0 Å². The molecule has 13 heteroatoms. The number of hydrogen-bond acceptors (Lipinski definition) is 12. The molecular formula is C6O12Pu-6. The van der Waals surface area contributed by atoms with Crippen LogP contribution < -0.4 is 30.6 Å². The molecule has 0 saturated heterocycles. The molecular weight excluding hydrogens is 508 g/mol. The Labute approximate surface area is 124 Å². The van der Waals surface area contributed by atoms with Gasteiger partial charge in [0.25, 0.3) is 0 Å². The molecule has 0 radical (unpaired) electrons.